The smallest absolute Gasteiger partial charge is 0.261 e. The van der Waals surface area contributed by atoms with Crippen molar-refractivity contribution in [3.05, 3.63) is 75.2 Å². The quantitative estimate of drug-likeness (QED) is 0.603. The van der Waals surface area contributed by atoms with E-state index in [4.69, 9.17) is 0 Å². The molecule has 1 atom stereocenters. The molecule has 0 bridgehead atoms. The fourth-order valence-corrected chi connectivity index (χ4v) is 4.58. The number of rotatable bonds is 5. The number of amides is 1. The highest BCUT2D eigenvalue weighted by Crippen LogP contribution is 2.26. The number of likely N-dealkylation sites (tertiary alicyclic amines) is 1. The van der Waals surface area contributed by atoms with Gasteiger partial charge in [-0.05, 0) is 43.0 Å². The number of hydrogen-bond donors (Lipinski definition) is 1. The summed E-state index contributed by atoms with van der Waals surface area (Å²) in [6.07, 6.45) is 3.06. The second-order valence-corrected chi connectivity index (χ2v) is 9.40. The normalized spacial score (nSPS) is 16.9. The molecule has 1 amide bonds. The number of carbonyl (C=O) groups excluding carboxylic acids is 1. The SMILES string of the molecule is C[C@H](Cc1ccccc1)C(=O)N1CCC(O)(Cn2cnc3cc(Br)ccc3c2=O)CC1. The van der Waals surface area contributed by atoms with E-state index >= 15 is 0 Å². The van der Waals surface area contributed by atoms with Gasteiger partial charge in [-0.25, -0.2) is 4.98 Å². The molecule has 6 nitrogen and oxygen atoms in total. The molecule has 1 aliphatic heterocycles. The zero-order chi connectivity index (χ0) is 22.0. The Balaban J connectivity index is 1.40. The Bertz CT molecular complexity index is 1140. The average molecular weight is 484 g/mol. The zero-order valence-corrected chi connectivity index (χ0v) is 19.1. The van der Waals surface area contributed by atoms with Gasteiger partial charge in [0.1, 0.15) is 0 Å². The Morgan fingerprint density at radius 2 is 1.90 bits per heavy atom. The van der Waals surface area contributed by atoms with Crippen LogP contribution in [0.1, 0.15) is 25.3 Å². The molecule has 1 aliphatic rings. The maximum atomic E-state index is 12.9. The minimum Gasteiger partial charge on any atom is -0.388 e. The number of fused-ring (bicyclic) bond motifs is 1. The van der Waals surface area contributed by atoms with Gasteiger partial charge in [0, 0.05) is 23.5 Å². The molecule has 0 spiro atoms. The van der Waals surface area contributed by atoms with Gasteiger partial charge < -0.3 is 10.0 Å². The molecule has 162 valence electrons. The van der Waals surface area contributed by atoms with Crippen LogP contribution in [0, 0.1) is 5.92 Å². The van der Waals surface area contributed by atoms with E-state index in [0.29, 0.717) is 43.3 Å². The lowest BCUT2D eigenvalue weighted by atomic mass is 9.90. The first kappa shape index (κ1) is 21.7. The van der Waals surface area contributed by atoms with Gasteiger partial charge in [0.05, 0.1) is 29.4 Å². The van der Waals surface area contributed by atoms with Crippen LogP contribution in [-0.2, 0) is 17.8 Å². The lowest BCUT2D eigenvalue weighted by molar-refractivity contribution is -0.139. The van der Waals surface area contributed by atoms with Gasteiger partial charge in [-0.15, -0.1) is 0 Å². The minimum atomic E-state index is -1.03. The number of aromatic nitrogens is 2. The second kappa shape index (κ2) is 8.93. The number of halogens is 1. The number of nitrogens with zero attached hydrogens (tertiary/aromatic N) is 3. The first-order valence-corrected chi connectivity index (χ1v) is 11.3. The Morgan fingerprint density at radius 1 is 1.19 bits per heavy atom. The standard InChI is InChI=1S/C24H26BrN3O3/c1-17(13-18-5-3-2-4-6-18)22(29)27-11-9-24(31,10-12-27)15-28-16-26-21-14-19(25)7-8-20(21)23(28)30/h2-8,14,16-17,31H,9-13,15H2,1H3/t17-/m1/s1. The van der Waals surface area contributed by atoms with E-state index in [2.05, 4.69) is 20.9 Å². The van der Waals surface area contributed by atoms with Crippen LogP contribution < -0.4 is 5.56 Å². The number of aliphatic hydroxyl groups is 1. The fourth-order valence-electron chi connectivity index (χ4n) is 4.23. The molecular weight excluding hydrogens is 458 g/mol. The van der Waals surface area contributed by atoms with Gasteiger partial charge in [0.2, 0.25) is 5.91 Å². The summed E-state index contributed by atoms with van der Waals surface area (Å²) >= 11 is 3.39. The molecule has 2 aromatic carbocycles. The number of hydrogen-bond acceptors (Lipinski definition) is 4. The van der Waals surface area contributed by atoms with Crippen molar-refractivity contribution >= 4 is 32.7 Å². The second-order valence-electron chi connectivity index (χ2n) is 8.48. The molecule has 2 heterocycles. The molecule has 0 radical (unpaired) electrons. The molecule has 31 heavy (non-hydrogen) atoms. The highest BCUT2D eigenvalue weighted by atomic mass is 79.9. The highest BCUT2D eigenvalue weighted by Gasteiger charge is 2.35. The third-order valence-corrected chi connectivity index (χ3v) is 6.56. The van der Waals surface area contributed by atoms with E-state index in [1.807, 2.05) is 48.2 Å². The van der Waals surface area contributed by atoms with Crippen molar-refractivity contribution in [3.8, 4) is 0 Å². The first-order chi connectivity index (χ1) is 14.8. The maximum absolute atomic E-state index is 12.9. The third kappa shape index (κ3) is 4.88. The summed E-state index contributed by atoms with van der Waals surface area (Å²) in [5, 5.41) is 11.6. The van der Waals surface area contributed by atoms with Crippen LogP contribution in [0.3, 0.4) is 0 Å². The largest absolute Gasteiger partial charge is 0.388 e. The molecule has 4 rings (SSSR count). The van der Waals surface area contributed by atoms with Crippen LogP contribution in [0.15, 0.2) is 64.1 Å². The fraction of sp³-hybridized carbons (Fsp3) is 0.375. The summed E-state index contributed by atoms with van der Waals surface area (Å²) in [6.45, 7) is 3.09. The molecule has 1 fully saturated rings. The monoisotopic (exact) mass is 483 g/mol. The van der Waals surface area contributed by atoms with E-state index in [-0.39, 0.29) is 23.9 Å². The molecule has 1 saturated heterocycles. The molecule has 0 unspecified atom stereocenters. The summed E-state index contributed by atoms with van der Waals surface area (Å²) in [5.41, 5.74) is 0.567. The van der Waals surface area contributed by atoms with Gasteiger partial charge in [-0.3, -0.25) is 14.2 Å². The van der Waals surface area contributed by atoms with Gasteiger partial charge in [-0.1, -0.05) is 53.2 Å². The van der Waals surface area contributed by atoms with E-state index in [9.17, 15) is 14.7 Å². The first-order valence-electron chi connectivity index (χ1n) is 10.5. The summed E-state index contributed by atoms with van der Waals surface area (Å²) < 4.78 is 2.34. The van der Waals surface area contributed by atoms with Crippen molar-refractivity contribution in [1.29, 1.82) is 0 Å². The van der Waals surface area contributed by atoms with Crippen LogP contribution in [0.2, 0.25) is 0 Å². The van der Waals surface area contributed by atoms with Gasteiger partial charge in [0.15, 0.2) is 0 Å². The average Bonchev–Trinajstić information content (AvgIpc) is 2.76. The number of benzene rings is 2. The molecule has 0 aliphatic carbocycles. The number of piperidine rings is 1. The molecule has 7 heteroatoms. The minimum absolute atomic E-state index is 0.111. The van der Waals surface area contributed by atoms with Crippen LogP contribution in [0.25, 0.3) is 10.9 Å². The van der Waals surface area contributed by atoms with Crippen LogP contribution in [0.4, 0.5) is 0 Å². The number of carbonyl (C=O) groups is 1. The molecule has 3 aromatic rings. The predicted octanol–water partition coefficient (Wildman–Crippen LogP) is 3.39. The third-order valence-electron chi connectivity index (χ3n) is 6.06. The highest BCUT2D eigenvalue weighted by molar-refractivity contribution is 9.10. The van der Waals surface area contributed by atoms with Crippen molar-refractivity contribution in [2.24, 2.45) is 5.92 Å². The Labute approximate surface area is 189 Å². The molecule has 1 N–H and O–H groups in total. The van der Waals surface area contributed by atoms with Gasteiger partial charge >= 0.3 is 0 Å². The Hall–Kier alpha value is -2.51. The van der Waals surface area contributed by atoms with Crippen molar-refractivity contribution in [3.63, 3.8) is 0 Å². The Kier molecular flexibility index (Phi) is 6.25. The van der Waals surface area contributed by atoms with E-state index in [1.54, 1.807) is 12.1 Å². The van der Waals surface area contributed by atoms with Crippen molar-refractivity contribution in [1.82, 2.24) is 14.5 Å². The van der Waals surface area contributed by atoms with Crippen molar-refractivity contribution in [2.45, 2.75) is 38.3 Å². The lowest BCUT2D eigenvalue weighted by Crippen LogP contribution is -2.50. The lowest BCUT2D eigenvalue weighted by Gasteiger charge is -2.39. The summed E-state index contributed by atoms with van der Waals surface area (Å²) in [5.74, 6) is 0.00115. The maximum Gasteiger partial charge on any atom is 0.261 e. The van der Waals surface area contributed by atoms with E-state index in [0.717, 1.165) is 10.0 Å². The van der Waals surface area contributed by atoms with Crippen LogP contribution >= 0.6 is 15.9 Å². The molecule has 1 aromatic heterocycles. The topological polar surface area (TPSA) is 75.4 Å². The summed E-state index contributed by atoms with van der Waals surface area (Å²) in [4.78, 5) is 31.9. The van der Waals surface area contributed by atoms with Crippen LogP contribution in [0.5, 0.6) is 0 Å². The van der Waals surface area contributed by atoms with Gasteiger partial charge in [0.25, 0.3) is 5.56 Å². The van der Waals surface area contributed by atoms with E-state index in [1.165, 1.54) is 10.9 Å². The summed E-state index contributed by atoms with van der Waals surface area (Å²) in [7, 11) is 0. The Morgan fingerprint density at radius 3 is 2.61 bits per heavy atom. The van der Waals surface area contributed by atoms with Crippen molar-refractivity contribution < 1.29 is 9.90 Å². The van der Waals surface area contributed by atoms with Crippen LogP contribution in [-0.4, -0.2) is 44.2 Å². The zero-order valence-electron chi connectivity index (χ0n) is 17.5. The van der Waals surface area contributed by atoms with E-state index < -0.39 is 5.60 Å². The predicted molar refractivity (Wildman–Crippen MR) is 124 cm³/mol. The summed E-state index contributed by atoms with van der Waals surface area (Å²) in [6, 6.07) is 15.4. The van der Waals surface area contributed by atoms with Crippen molar-refractivity contribution in [2.75, 3.05) is 13.1 Å². The molecule has 0 saturated carbocycles. The molecular formula is C24H26BrN3O3. The van der Waals surface area contributed by atoms with Gasteiger partial charge in [-0.2, -0.15) is 0 Å².